The number of hydrogen-bond donors (Lipinski definition) is 2. The average molecular weight is 297 g/mol. The average Bonchev–Trinajstić information content (AvgIpc) is 2.35. The lowest BCUT2D eigenvalue weighted by molar-refractivity contribution is 0.436. The molecule has 0 unspecified atom stereocenters. The summed E-state index contributed by atoms with van der Waals surface area (Å²) in [5.74, 6) is 0.0436. The molecule has 0 aromatic heterocycles. The van der Waals surface area contributed by atoms with E-state index in [0.717, 1.165) is 0 Å². The van der Waals surface area contributed by atoms with Crippen LogP contribution in [0, 0.1) is 0 Å². The smallest absolute Gasteiger partial charge is 0.138 e. The third kappa shape index (κ3) is 2.38. The zero-order valence-electron chi connectivity index (χ0n) is 10.6. The van der Waals surface area contributed by atoms with Crippen molar-refractivity contribution in [3.8, 4) is 11.5 Å². The summed E-state index contributed by atoms with van der Waals surface area (Å²) >= 11 is 11.9. The molecule has 0 atom stereocenters. The van der Waals surface area contributed by atoms with Crippen LogP contribution in [-0.2, 0) is 5.41 Å². The molecule has 2 aromatic rings. The van der Waals surface area contributed by atoms with Crippen LogP contribution in [0.25, 0.3) is 0 Å². The fourth-order valence-corrected chi connectivity index (χ4v) is 2.53. The lowest BCUT2D eigenvalue weighted by Gasteiger charge is -2.28. The zero-order valence-corrected chi connectivity index (χ0v) is 12.1. The Morgan fingerprint density at radius 3 is 1.53 bits per heavy atom. The SMILES string of the molecule is CC(C)(c1cccc(Cl)c1O)c1cccc(Cl)c1O. The summed E-state index contributed by atoms with van der Waals surface area (Å²) in [6.45, 7) is 3.79. The van der Waals surface area contributed by atoms with E-state index >= 15 is 0 Å². The molecule has 0 aliphatic carbocycles. The molecule has 2 aromatic carbocycles. The van der Waals surface area contributed by atoms with Crippen molar-refractivity contribution < 1.29 is 10.2 Å². The topological polar surface area (TPSA) is 40.5 Å². The highest BCUT2D eigenvalue weighted by Crippen LogP contribution is 2.44. The van der Waals surface area contributed by atoms with Crippen LogP contribution in [0.2, 0.25) is 10.0 Å². The van der Waals surface area contributed by atoms with Crippen molar-refractivity contribution in [1.29, 1.82) is 0 Å². The van der Waals surface area contributed by atoms with Gasteiger partial charge >= 0.3 is 0 Å². The molecule has 0 amide bonds. The molecule has 0 spiro atoms. The van der Waals surface area contributed by atoms with Crippen LogP contribution in [0.3, 0.4) is 0 Å². The summed E-state index contributed by atoms with van der Waals surface area (Å²) < 4.78 is 0. The third-order valence-corrected chi connectivity index (χ3v) is 3.93. The van der Waals surface area contributed by atoms with Gasteiger partial charge in [-0.1, -0.05) is 61.3 Å². The van der Waals surface area contributed by atoms with Crippen molar-refractivity contribution in [2.45, 2.75) is 19.3 Å². The largest absolute Gasteiger partial charge is 0.506 e. The van der Waals surface area contributed by atoms with Gasteiger partial charge in [-0.3, -0.25) is 0 Å². The van der Waals surface area contributed by atoms with Crippen molar-refractivity contribution in [2.75, 3.05) is 0 Å². The highest BCUT2D eigenvalue weighted by Gasteiger charge is 2.30. The molecule has 2 N–H and O–H groups in total. The first kappa shape index (κ1) is 14.0. The van der Waals surface area contributed by atoms with Crippen molar-refractivity contribution in [3.63, 3.8) is 0 Å². The van der Waals surface area contributed by atoms with Gasteiger partial charge in [0.25, 0.3) is 0 Å². The first-order valence-corrected chi connectivity index (χ1v) is 6.57. The maximum absolute atomic E-state index is 10.1. The molecule has 2 nitrogen and oxygen atoms in total. The number of benzene rings is 2. The quantitative estimate of drug-likeness (QED) is 0.841. The van der Waals surface area contributed by atoms with E-state index in [4.69, 9.17) is 23.2 Å². The number of rotatable bonds is 2. The molecule has 0 aliphatic rings. The van der Waals surface area contributed by atoms with E-state index in [0.29, 0.717) is 11.1 Å². The van der Waals surface area contributed by atoms with E-state index in [-0.39, 0.29) is 21.5 Å². The summed E-state index contributed by atoms with van der Waals surface area (Å²) in [6.07, 6.45) is 0. The van der Waals surface area contributed by atoms with E-state index in [9.17, 15) is 10.2 Å². The predicted octanol–water partition coefficient (Wildman–Crippen LogP) is 4.73. The van der Waals surface area contributed by atoms with Gasteiger partial charge in [0.15, 0.2) is 0 Å². The Kier molecular flexibility index (Phi) is 3.66. The van der Waals surface area contributed by atoms with Gasteiger partial charge in [-0.05, 0) is 12.1 Å². The van der Waals surface area contributed by atoms with Crippen LogP contribution >= 0.6 is 23.2 Å². The third-order valence-electron chi connectivity index (χ3n) is 3.32. The number of phenolic OH excluding ortho intramolecular Hbond substituents is 2. The second-order valence-electron chi connectivity index (χ2n) is 4.90. The van der Waals surface area contributed by atoms with E-state index in [2.05, 4.69) is 0 Å². The normalized spacial score (nSPS) is 11.6. The van der Waals surface area contributed by atoms with Crippen LogP contribution in [0.1, 0.15) is 25.0 Å². The first-order valence-electron chi connectivity index (χ1n) is 5.81. The highest BCUT2D eigenvalue weighted by molar-refractivity contribution is 6.32. The minimum Gasteiger partial charge on any atom is -0.506 e. The summed E-state index contributed by atoms with van der Waals surface area (Å²) in [7, 11) is 0. The lowest BCUT2D eigenvalue weighted by atomic mass is 9.77. The number of aromatic hydroxyl groups is 2. The van der Waals surface area contributed by atoms with Crippen LogP contribution in [0.4, 0.5) is 0 Å². The van der Waals surface area contributed by atoms with Crippen molar-refractivity contribution in [1.82, 2.24) is 0 Å². The van der Waals surface area contributed by atoms with Crippen LogP contribution in [0.5, 0.6) is 11.5 Å². The molecular weight excluding hydrogens is 283 g/mol. The molecular formula is C15H14Cl2O2. The number of halogens is 2. The molecule has 0 saturated carbocycles. The maximum atomic E-state index is 10.1. The summed E-state index contributed by atoms with van der Waals surface area (Å²) in [6, 6.07) is 10.3. The summed E-state index contributed by atoms with van der Waals surface area (Å²) in [5, 5.41) is 20.8. The maximum Gasteiger partial charge on any atom is 0.138 e. The van der Waals surface area contributed by atoms with Crippen molar-refractivity contribution >= 4 is 23.2 Å². The molecule has 0 heterocycles. The molecule has 0 fully saturated rings. The van der Waals surface area contributed by atoms with Crippen LogP contribution in [0.15, 0.2) is 36.4 Å². The van der Waals surface area contributed by atoms with Gasteiger partial charge in [0.1, 0.15) is 11.5 Å². The van der Waals surface area contributed by atoms with Crippen molar-refractivity contribution in [2.24, 2.45) is 0 Å². The molecule has 4 heteroatoms. The second kappa shape index (κ2) is 4.95. The van der Waals surface area contributed by atoms with Gasteiger partial charge in [0, 0.05) is 16.5 Å². The Morgan fingerprint density at radius 2 is 1.16 bits per heavy atom. The molecule has 2 rings (SSSR count). The molecule has 0 radical (unpaired) electrons. The standard InChI is InChI=1S/C15H14Cl2O2/c1-15(2,9-5-3-7-11(16)13(9)18)10-6-4-8-12(17)14(10)19/h3-8,18-19H,1-2H3. The molecule has 0 bridgehead atoms. The zero-order chi connectivity index (χ0) is 14.2. The van der Waals surface area contributed by atoms with E-state index in [1.54, 1.807) is 36.4 Å². The fraction of sp³-hybridized carbons (Fsp3) is 0.200. The number of hydrogen-bond acceptors (Lipinski definition) is 2. The predicted molar refractivity (Wildman–Crippen MR) is 78.4 cm³/mol. The molecule has 0 aliphatic heterocycles. The number of para-hydroxylation sites is 2. The first-order chi connectivity index (χ1) is 8.85. The lowest BCUT2D eigenvalue weighted by Crippen LogP contribution is -2.19. The van der Waals surface area contributed by atoms with Crippen LogP contribution < -0.4 is 0 Å². The van der Waals surface area contributed by atoms with Gasteiger partial charge in [-0.15, -0.1) is 0 Å². The van der Waals surface area contributed by atoms with Gasteiger partial charge in [0.2, 0.25) is 0 Å². The minimum absolute atomic E-state index is 0.0218. The molecule has 100 valence electrons. The van der Waals surface area contributed by atoms with Gasteiger partial charge in [-0.25, -0.2) is 0 Å². The fourth-order valence-electron chi connectivity index (χ4n) is 2.18. The minimum atomic E-state index is -0.621. The number of phenols is 2. The van der Waals surface area contributed by atoms with E-state index in [1.807, 2.05) is 13.8 Å². The van der Waals surface area contributed by atoms with E-state index in [1.165, 1.54) is 0 Å². The molecule has 19 heavy (non-hydrogen) atoms. The Bertz CT molecular complexity index is 568. The monoisotopic (exact) mass is 296 g/mol. The Hall–Kier alpha value is -1.38. The van der Waals surface area contributed by atoms with Gasteiger partial charge < -0.3 is 10.2 Å². The van der Waals surface area contributed by atoms with Gasteiger partial charge in [0.05, 0.1) is 10.0 Å². The Labute approximate surface area is 122 Å². The Morgan fingerprint density at radius 1 is 0.789 bits per heavy atom. The summed E-state index contributed by atoms with van der Waals surface area (Å²) in [5.41, 5.74) is 0.652. The highest BCUT2D eigenvalue weighted by atomic mass is 35.5. The summed E-state index contributed by atoms with van der Waals surface area (Å²) in [4.78, 5) is 0. The van der Waals surface area contributed by atoms with Crippen LogP contribution in [-0.4, -0.2) is 10.2 Å². The second-order valence-corrected chi connectivity index (χ2v) is 5.71. The Balaban J connectivity index is 2.65. The van der Waals surface area contributed by atoms with Crippen molar-refractivity contribution in [3.05, 3.63) is 57.6 Å². The van der Waals surface area contributed by atoms with E-state index < -0.39 is 5.41 Å². The van der Waals surface area contributed by atoms with Gasteiger partial charge in [-0.2, -0.15) is 0 Å². The molecule has 0 saturated heterocycles.